The molecule has 1 aromatic heterocycles. The lowest BCUT2D eigenvalue weighted by Crippen LogP contribution is -2.36. The minimum absolute atomic E-state index is 0.220. The summed E-state index contributed by atoms with van der Waals surface area (Å²) in [5, 5.41) is 8.56. The average Bonchev–Trinajstić information content (AvgIpc) is 2.72. The smallest absolute Gasteiger partial charge is 0.412 e. The highest BCUT2D eigenvalue weighted by Crippen LogP contribution is 2.22. The van der Waals surface area contributed by atoms with Gasteiger partial charge in [0.25, 0.3) is 5.91 Å². The number of nitrogens with one attached hydrogen (secondary N) is 3. The number of carbonyl (C=O) groups excluding carboxylic acids is 3. The van der Waals surface area contributed by atoms with Crippen molar-refractivity contribution in [1.29, 1.82) is 0 Å². The van der Waals surface area contributed by atoms with E-state index in [-0.39, 0.29) is 5.69 Å². The lowest BCUT2D eigenvalue weighted by Gasteiger charge is -2.24. The number of benzene rings is 1. The van der Waals surface area contributed by atoms with Gasteiger partial charge < -0.3 is 24.9 Å². The molecule has 2 aromatic rings. The van der Waals surface area contributed by atoms with Gasteiger partial charge >= 0.3 is 6.09 Å². The number of aldehydes is 1. The van der Waals surface area contributed by atoms with Crippen LogP contribution < -0.4 is 16.0 Å². The van der Waals surface area contributed by atoms with E-state index in [2.05, 4.69) is 20.9 Å². The summed E-state index contributed by atoms with van der Waals surface area (Å²) in [7, 11) is 0. The number of hydrogen-bond acceptors (Lipinski definition) is 7. The third-order valence-electron chi connectivity index (χ3n) is 4.20. The Kier molecular flexibility index (Phi) is 9.28. The maximum atomic E-state index is 12.7. The molecule has 0 aliphatic rings. The first-order valence-electron chi connectivity index (χ1n) is 11.1. The number of anilines is 2. The predicted octanol–water partition coefficient (Wildman–Crippen LogP) is 4.15. The monoisotopic (exact) mass is 470 g/mol. The second-order valence-electron chi connectivity index (χ2n) is 9.71. The van der Waals surface area contributed by atoms with Crippen molar-refractivity contribution in [2.24, 2.45) is 0 Å². The minimum Gasteiger partial charge on any atom is -0.444 e. The fraction of sp³-hybridized carbons (Fsp3) is 0.440. The van der Waals surface area contributed by atoms with E-state index in [0.29, 0.717) is 24.5 Å². The first kappa shape index (κ1) is 26.9. The highest BCUT2D eigenvalue weighted by molar-refractivity contribution is 6.05. The van der Waals surface area contributed by atoms with Crippen LogP contribution in [0.2, 0.25) is 0 Å². The average molecular weight is 471 g/mol. The molecule has 0 aliphatic heterocycles. The largest absolute Gasteiger partial charge is 0.444 e. The first-order chi connectivity index (χ1) is 15.9. The number of pyridine rings is 1. The zero-order valence-electron chi connectivity index (χ0n) is 20.6. The highest BCUT2D eigenvalue weighted by atomic mass is 16.6. The van der Waals surface area contributed by atoms with Gasteiger partial charge in [-0.05, 0) is 65.3 Å². The number of amides is 2. The molecule has 0 radical (unpaired) electrons. The van der Waals surface area contributed by atoms with Crippen molar-refractivity contribution in [3.05, 3.63) is 53.9 Å². The summed E-state index contributed by atoms with van der Waals surface area (Å²) < 4.78 is 10.9. The van der Waals surface area contributed by atoms with Gasteiger partial charge in [-0.3, -0.25) is 15.1 Å². The molecule has 1 unspecified atom stereocenters. The Labute approximate surface area is 200 Å². The molecule has 9 nitrogen and oxygen atoms in total. The highest BCUT2D eigenvalue weighted by Gasteiger charge is 2.19. The minimum atomic E-state index is -0.642. The van der Waals surface area contributed by atoms with Crippen LogP contribution in [-0.4, -0.2) is 47.1 Å². The lowest BCUT2D eigenvalue weighted by atomic mass is 10.2. The van der Waals surface area contributed by atoms with E-state index in [0.717, 1.165) is 11.8 Å². The van der Waals surface area contributed by atoms with Crippen LogP contribution in [0.25, 0.3) is 0 Å². The Morgan fingerprint density at radius 2 is 1.62 bits per heavy atom. The quantitative estimate of drug-likeness (QED) is 0.471. The van der Waals surface area contributed by atoms with Crippen molar-refractivity contribution in [3.8, 4) is 0 Å². The van der Waals surface area contributed by atoms with E-state index in [9.17, 15) is 14.4 Å². The van der Waals surface area contributed by atoms with Gasteiger partial charge in [-0.25, -0.2) is 4.79 Å². The van der Waals surface area contributed by atoms with Crippen LogP contribution in [0, 0.1) is 0 Å². The fourth-order valence-electron chi connectivity index (χ4n) is 2.89. The molecule has 0 aliphatic carbocycles. The molecule has 0 saturated carbocycles. The van der Waals surface area contributed by atoms with Crippen molar-refractivity contribution in [2.75, 3.05) is 17.2 Å². The van der Waals surface area contributed by atoms with Crippen LogP contribution in [0.3, 0.4) is 0 Å². The SMILES string of the molecule is CC(C)(C)OC(=O)Nc1ccccc1NC(=O)c1ccc(CNCC(C=O)OC(C)(C)C)cn1. The van der Waals surface area contributed by atoms with E-state index in [1.54, 1.807) is 63.4 Å². The lowest BCUT2D eigenvalue weighted by molar-refractivity contribution is -0.127. The first-order valence-corrected chi connectivity index (χ1v) is 11.1. The summed E-state index contributed by atoms with van der Waals surface area (Å²) in [5.74, 6) is -0.419. The van der Waals surface area contributed by atoms with Crippen LogP contribution in [0.4, 0.5) is 16.2 Å². The number of para-hydroxylation sites is 2. The molecule has 1 aromatic carbocycles. The molecule has 184 valence electrons. The molecule has 9 heteroatoms. The zero-order valence-corrected chi connectivity index (χ0v) is 20.6. The molecular formula is C25H34N4O5. The van der Waals surface area contributed by atoms with Gasteiger partial charge in [0.15, 0.2) is 0 Å². The van der Waals surface area contributed by atoms with Gasteiger partial charge in [0.1, 0.15) is 23.7 Å². The Bertz CT molecular complexity index is 978. The van der Waals surface area contributed by atoms with Gasteiger partial charge in [-0.2, -0.15) is 0 Å². The second-order valence-corrected chi connectivity index (χ2v) is 9.71. The molecule has 0 saturated heterocycles. The van der Waals surface area contributed by atoms with E-state index in [1.165, 1.54) is 0 Å². The molecule has 1 atom stereocenters. The summed E-state index contributed by atoms with van der Waals surface area (Å²) in [6, 6.07) is 10.2. The van der Waals surface area contributed by atoms with Crippen molar-refractivity contribution in [1.82, 2.24) is 10.3 Å². The number of rotatable bonds is 9. The van der Waals surface area contributed by atoms with Crippen molar-refractivity contribution < 1.29 is 23.9 Å². The second kappa shape index (κ2) is 11.7. The summed E-state index contributed by atoms with van der Waals surface area (Å²) in [5.41, 5.74) is 0.848. The fourth-order valence-corrected chi connectivity index (χ4v) is 2.89. The Morgan fingerprint density at radius 3 is 2.15 bits per heavy atom. The third kappa shape index (κ3) is 9.68. The zero-order chi connectivity index (χ0) is 25.4. The molecule has 2 rings (SSSR count). The predicted molar refractivity (Wildman–Crippen MR) is 131 cm³/mol. The van der Waals surface area contributed by atoms with Crippen LogP contribution in [0.5, 0.6) is 0 Å². The Balaban J connectivity index is 1.94. The Morgan fingerprint density at radius 1 is 0.971 bits per heavy atom. The van der Waals surface area contributed by atoms with Crippen molar-refractivity contribution in [2.45, 2.75) is 65.4 Å². The van der Waals surface area contributed by atoms with Crippen LogP contribution in [0.1, 0.15) is 57.6 Å². The van der Waals surface area contributed by atoms with E-state index < -0.39 is 29.3 Å². The number of nitrogens with zero attached hydrogens (tertiary/aromatic N) is 1. The maximum Gasteiger partial charge on any atom is 0.412 e. The summed E-state index contributed by atoms with van der Waals surface area (Å²) in [4.78, 5) is 40.2. The van der Waals surface area contributed by atoms with Gasteiger partial charge in [-0.15, -0.1) is 0 Å². The standard InChI is InChI=1S/C25H34N4O5/c1-24(2,3)33-18(16-30)15-26-13-17-11-12-21(27-14-17)22(31)28-19-9-7-8-10-20(19)29-23(32)34-25(4,5)6/h7-12,14,16,18,26H,13,15H2,1-6H3,(H,28,31)(H,29,32). The normalized spacial score (nSPS) is 12.5. The molecule has 3 N–H and O–H groups in total. The van der Waals surface area contributed by atoms with E-state index in [4.69, 9.17) is 9.47 Å². The molecule has 0 fully saturated rings. The summed E-state index contributed by atoms with van der Waals surface area (Å²) in [6.45, 7) is 11.8. The number of aromatic nitrogens is 1. The van der Waals surface area contributed by atoms with Gasteiger partial charge in [0.05, 0.1) is 17.0 Å². The Hall–Kier alpha value is -3.30. The van der Waals surface area contributed by atoms with Gasteiger partial charge in [-0.1, -0.05) is 18.2 Å². The molecule has 2 amide bonds. The van der Waals surface area contributed by atoms with Crippen LogP contribution in [-0.2, 0) is 20.8 Å². The van der Waals surface area contributed by atoms with Crippen molar-refractivity contribution in [3.63, 3.8) is 0 Å². The number of hydrogen-bond donors (Lipinski definition) is 3. The molecule has 1 heterocycles. The van der Waals surface area contributed by atoms with Crippen molar-refractivity contribution >= 4 is 29.7 Å². The van der Waals surface area contributed by atoms with Gasteiger partial charge in [0, 0.05) is 19.3 Å². The third-order valence-corrected chi connectivity index (χ3v) is 4.20. The van der Waals surface area contributed by atoms with Crippen LogP contribution >= 0.6 is 0 Å². The van der Waals surface area contributed by atoms with Crippen LogP contribution in [0.15, 0.2) is 42.6 Å². The topological polar surface area (TPSA) is 119 Å². The van der Waals surface area contributed by atoms with Gasteiger partial charge in [0.2, 0.25) is 0 Å². The maximum absolute atomic E-state index is 12.7. The molecule has 0 spiro atoms. The summed E-state index contributed by atoms with van der Waals surface area (Å²) in [6.07, 6.45) is 1.20. The summed E-state index contributed by atoms with van der Waals surface area (Å²) >= 11 is 0. The molecular weight excluding hydrogens is 436 g/mol. The molecule has 0 bridgehead atoms. The van der Waals surface area contributed by atoms with E-state index >= 15 is 0 Å². The molecule has 34 heavy (non-hydrogen) atoms. The number of carbonyl (C=O) groups is 3. The van der Waals surface area contributed by atoms with E-state index in [1.807, 2.05) is 20.8 Å². The number of ether oxygens (including phenoxy) is 2.